The van der Waals surface area contributed by atoms with E-state index in [4.69, 9.17) is 9.72 Å². The maximum absolute atomic E-state index is 12.0. The Labute approximate surface area is 237 Å². The molecule has 1 saturated heterocycles. The second kappa shape index (κ2) is 11.4. The zero-order valence-corrected chi connectivity index (χ0v) is 24.5. The lowest BCUT2D eigenvalue weighted by molar-refractivity contribution is 0.0523. The first-order chi connectivity index (χ1) is 18.7. The van der Waals surface area contributed by atoms with E-state index in [0.29, 0.717) is 12.6 Å². The lowest BCUT2D eigenvalue weighted by atomic mass is 10.1. The number of carbonyl (C=O) groups is 1. The minimum absolute atomic E-state index is 0.383. The molecule has 2 aromatic heterocycles. The number of benzene rings is 2. The number of pyridine rings is 1. The summed E-state index contributed by atoms with van der Waals surface area (Å²) in [5, 5.41) is 2.80. The highest BCUT2D eigenvalue weighted by atomic mass is 79.9. The van der Waals surface area contributed by atoms with Gasteiger partial charge < -0.3 is 19.9 Å². The van der Waals surface area contributed by atoms with Crippen LogP contribution in [0.2, 0.25) is 0 Å². The molecule has 1 aliphatic heterocycles. The van der Waals surface area contributed by atoms with E-state index < -0.39 is 11.7 Å². The molecular formula is C30H35BrN6O2. The van der Waals surface area contributed by atoms with Crippen LogP contribution in [0.1, 0.15) is 44.9 Å². The van der Waals surface area contributed by atoms with Crippen molar-refractivity contribution in [3.05, 3.63) is 76.4 Å². The molecule has 4 aromatic rings. The second-order valence-corrected chi connectivity index (χ2v) is 11.8. The van der Waals surface area contributed by atoms with E-state index >= 15 is 0 Å². The number of alkyl carbamates (subject to hydrolysis) is 1. The van der Waals surface area contributed by atoms with Gasteiger partial charge in [0.15, 0.2) is 5.65 Å². The molecule has 0 bridgehead atoms. The number of hydrogen-bond acceptors (Lipinski definition) is 6. The Hall–Kier alpha value is -3.43. The molecule has 5 rings (SSSR count). The van der Waals surface area contributed by atoms with Crippen LogP contribution in [0, 0.1) is 0 Å². The fourth-order valence-electron chi connectivity index (χ4n) is 4.90. The van der Waals surface area contributed by atoms with Gasteiger partial charge in [-0.3, -0.25) is 4.90 Å². The molecular weight excluding hydrogens is 556 g/mol. The summed E-state index contributed by atoms with van der Waals surface area (Å²) in [5.74, 6) is 0.764. The van der Waals surface area contributed by atoms with E-state index in [1.165, 1.54) is 5.56 Å². The average Bonchev–Trinajstić information content (AvgIpc) is 3.36. The second-order valence-electron chi connectivity index (χ2n) is 10.9. The van der Waals surface area contributed by atoms with Gasteiger partial charge in [-0.2, -0.15) is 0 Å². The first-order valence-corrected chi connectivity index (χ1v) is 14.1. The summed E-state index contributed by atoms with van der Waals surface area (Å²) in [7, 11) is 0. The Morgan fingerprint density at radius 1 is 1.08 bits per heavy atom. The van der Waals surface area contributed by atoms with E-state index in [-0.39, 0.29) is 0 Å². The van der Waals surface area contributed by atoms with Gasteiger partial charge in [0.05, 0.1) is 10.2 Å². The van der Waals surface area contributed by atoms with Crippen LogP contribution in [-0.4, -0.2) is 57.7 Å². The molecule has 0 saturated carbocycles. The molecule has 39 heavy (non-hydrogen) atoms. The highest BCUT2D eigenvalue weighted by Gasteiger charge is 2.26. The van der Waals surface area contributed by atoms with E-state index in [0.717, 1.165) is 64.5 Å². The van der Waals surface area contributed by atoms with Crippen LogP contribution in [0.15, 0.2) is 65.3 Å². The highest BCUT2D eigenvalue weighted by Crippen LogP contribution is 2.35. The molecule has 1 fully saturated rings. The van der Waals surface area contributed by atoms with Gasteiger partial charge in [0.25, 0.3) is 0 Å². The average molecular weight is 592 g/mol. The van der Waals surface area contributed by atoms with Crippen LogP contribution in [-0.2, 0) is 11.3 Å². The van der Waals surface area contributed by atoms with Crippen molar-refractivity contribution >= 4 is 38.9 Å². The minimum Gasteiger partial charge on any atom is -0.444 e. The van der Waals surface area contributed by atoms with Gasteiger partial charge in [0, 0.05) is 50.5 Å². The Balaban J connectivity index is 1.28. The fraction of sp³-hybridized carbons (Fsp3) is 0.367. The zero-order chi connectivity index (χ0) is 27.6. The molecule has 3 heterocycles. The molecule has 0 aliphatic carbocycles. The van der Waals surface area contributed by atoms with Crippen LogP contribution in [0.25, 0.3) is 22.6 Å². The monoisotopic (exact) mass is 590 g/mol. The van der Waals surface area contributed by atoms with E-state index in [1.807, 2.05) is 51.2 Å². The fourth-order valence-corrected chi connectivity index (χ4v) is 5.44. The van der Waals surface area contributed by atoms with Gasteiger partial charge in [0.1, 0.15) is 16.9 Å². The van der Waals surface area contributed by atoms with Crippen LogP contribution >= 0.6 is 15.9 Å². The number of carbonyl (C=O) groups excluding carboxylic acids is 1. The summed E-state index contributed by atoms with van der Waals surface area (Å²) in [6.07, 6.45) is 1.42. The Bertz CT molecular complexity index is 1420. The number of ether oxygens (including phenoxy) is 1. The van der Waals surface area contributed by atoms with Crippen molar-refractivity contribution in [1.82, 2.24) is 25.2 Å². The first-order valence-electron chi connectivity index (χ1n) is 13.3. The third-order valence-electron chi connectivity index (χ3n) is 6.97. The lowest BCUT2D eigenvalue weighted by Gasteiger charge is -2.39. The van der Waals surface area contributed by atoms with Gasteiger partial charge in [-0.25, -0.2) is 14.8 Å². The number of piperazine rings is 1. The summed E-state index contributed by atoms with van der Waals surface area (Å²) < 4.78 is 6.26. The van der Waals surface area contributed by atoms with Crippen molar-refractivity contribution in [2.75, 3.05) is 31.1 Å². The maximum Gasteiger partial charge on any atom is 0.407 e. The third-order valence-corrected chi connectivity index (χ3v) is 7.55. The molecule has 8 nitrogen and oxygen atoms in total. The van der Waals surface area contributed by atoms with Crippen molar-refractivity contribution in [1.29, 1.82) is 0 Å². The van der Waals surface area contributed by atoms with Crippen molar-refractivity contribution in [3.8, 4) is 11.4 Å². The molecule has 1 unspecified atom stereocenters. The molecule has 0 spiro atoms. The number of rotatable bonds is 6. The molecule has 2 aromatic carbocycles. The van der Waals surface area contributed by atoms with Gasteiger partial charge >= 0.3 is 6.09 Å². The molecule has 1 aliphatic rings. The third kappa shape index (κ3) is 6.42. The molecule has 9 heteroatoms. The minimum atomic E-state index is -0.523. The Morgan fingerprint density at radius 2 is 1.77 bits per heavy atom. The van der Waals surface area contributed by atoms with E-state index in [9.17, 15) is 4.79 Å². The number of aromatic amines is 1. The number of anilines is 1. The van der Waals surface area contributed by atoms with Gasteiger partial charge in [0.2, 0.25) is 0 Å². The summed E-state index contributed by atoms with van der Waals surface area (Å²) in [5.41, 5.74) is 5.46. The summed E-state index contributed by atoms with van der Waals surface area (Å²) in [4.78, 5) is 29.9. The quantitative estimate of drug-likeness (QED) is 0.274. The van der Waals surface area contributed by atoms with Crippen molar-refractivity contribution < 1.29 is 9.53 Å². The lowest BCUT2D eigenvalue weighted by Crippen LogP contribution is -2.47. The smallest absolute Gasteiger partial charge is 0.407 e. The predicted molar refractivity (Wildman–Crippen MR) is 159 cm³/mol. The summed E-state index contributed by atoms with van der Waals surface area (Å²) in [6, 6.07) is 19.0. The SMILES string of the molecule is CC(c1ccccc1)N1CCN(c2c(Br)cnc3[nH]c(-c4ccc(CNC(=O)OC(C)(C)C)cc4)nc23)CC1. The molecule has 1 atom stereocenters. The highest BCUT2D eigenvalue weighted by molar-refractivity contribution is 9.10. The predicted octanol–water partition coefficient (Wildman–Crippen LogP) is 6.30. The van der Waals surface area contributed by atoms with Crippen LogP contribution < -0.4 is 10.2 Å². The molecule has 204 valence electrons. The number of halogens is 1. The first kappa shape index (κ1) is 27.1. The number of hydrogen-bond donors (Lipinski definition) is 2. The summed E-state index contributed by atoms with van der Waals surface area (Å²) in [6.45, 7) is 12.0. The standard InChI is InChI=1S/C30H35BrN6O2/c1-20(22-8-6-5-7-9-22)36-14-16-37(17-15-36)26-24(31)19-32-28-25(26)34-27(35-28)23-12-10-21(11-13-23)18-33-29(38)39-30(2,3)4/h5-13,19-20H,14-18H2,1-4H3,(H,33,38)(H,32,34,35). The number of amides is 1. The maximum atomic E-state index is 12.0. The summed E-state index contributed by atoms with van der Waals surface area (Å²) >= 11 is 3.74. The van der Waals surface area contributed by atoms with Crippen LogP contribution in [0.4, 0.5) is 10.5 Å². The number of fused-ring (bicyclic) bond motifs is 1. The van der Waals surface area contributed by atoms with Crippen molar-refractivity contribution in [2.24, 2.45) is 0 Å². The van der Waals surface area contributed by atoms with Crippen molar-refractivity contribution in [2.45, 2.75) is 45.9 Å². The van der Waals surface area contributed by atoms with Crippen LogP contribution in [0.3, 0.4) is 0 Å². The number of nitrogens with zero attached hydrogens (tertiary/aromatic N) is 4. The Morgan fingerprint density at radius 3 is 2.44 bits per heavy atom. The Kier molecular flexibility index (Phi) is 7.91. The van der Waals surface area contributed by atoms with E-state index in [1.54, 1.807) is 0 Å². The van der Waals surface area contributed by atoms with Crippen LogP contribution in [0.5, 0.6) is 0 Å². The number of aromatic nitrogens is 3. The van der Waals surface area contributed by atoms with Gasteiger partial charge in [-0.1, -0.05) is 54.6 Å². The number of nitrogens with one attached hydrogen (secondary N) is 2. The van der Waals surface area contributed by atoms with Crippen molar-refractivity contribution in [3.63, 3.8) is 0 Å². The number of H-pyrrole nitrogens is 1. The van der Waals surface area contributed by atoms with E-state index in [2.05, 4.69) is 78.3 Å². The number of imidazole rings is 1. The van der Waals surface area contributed by atoms with Gasteiger partial charge in [-0.15, -0.1) is 0 Å². The topological polar surface area (TPSA) is 86.4 Å². The van der Waals surface area contributed by atoms with Gasteiger partial charge in [-0.05, 0) is 54.8 Å². The zero-order valence-electron chi connectivity index (χ0n) is 22.9. The molecule has 1 amide bonds. The molecule has 0 radical (unpaired) electrons. The molecule has 2 N–H and O–H groups in total. The normalized spacial score (nSPS) is 15.4. The largest absolute Gasteiger partial charge is 0.444 e.